The van der Waals surface area contributed by atoms with Crippen LogP contribution in [0, 0.1) is 0 Å². The van der Waals surface area contributed by atoms with E-state index in [1.165, 1.54) is 0 Å². The lowest BCUT2D eigenvalue weighted by Crippen LogP contribution is -2.14. The van der Waals surface area contributed by atoms with Gasteiger partial charge in [0, 0.05) is 7.19 Å². The van der Waals surface area contributed by atoms with Crippen molar-refractivity contribution < 1.29 is 6.17 Å². The van der Waals surface area contributed by atoms with E-state index in [4.69, 9.17) is 13.0 Å². The molecule has 0 amide bonds. The fraction of sp³-hybridized carbons (Fsp3) is 0.833. The van der Waals surface area contributed by atoms with Crippen LogP contribution in [-0.2, 0) is 4.79 Å². The van der Waals surface area contributed by atoms with Crippen LogP contribution in [0.3, 0.4) is 0 Å². The van der Waals surface area contributed by atoms with E-state index in [-0.39, 0.29) is 17.5 Å². The predicted octanol–water partition coefficient (Wildman–Crippen LogP) is 1.85. The van der Waals surface area contributed by atoms with E-state index < -0.39 is 0 Å². The lowest BCUT2D eigenvalue weighted by Gasteiger charge is -2.15. The van der Waals surface area contributed by atoms with Gasteiger partial charge in [-0.05, 0) is 18.0 Å². The highest BCUT2D eigenvalue weighted by Gasteiger charge is 2.19. The van der Waals surface area contributed by atoms with E-state index in [9.17, 15) is 4.79 Å². The lowest BCUT2D eigenvalue weighted by atomic mass is 9.56. The second-order valence-corrected chi connectivity index (χ2v) is 2.60. The molecule has 1 saturated heterocycles. The van der Waals surface area contributed by atoms with Crippen LogP contribution in [0.15, 0.2) is 0 Å². The van der Waals surface area contributed by atoms with Gasteiger partial charge in [-0.2, -0.15) is 0 Å². The smallest absolute Gasteiger partial charge is 0.216 e. The number of rotatable bonds is 1. The molecule has 9 heavy (non-hydrogen) atoms. The Hall–Kier alpha value is 0.0249. The molecule has 0 spiro atoms. The van der Waals surface area contributed by atoms with Gasteiger partial charge in [-0.25, -0.2) is 0 Å². The molecule has 1 radical (unpaired) electrons. The molecule has 0 aliphatic carbocycles. The highest BCUT2D eigenvalue weighted by atomic mass is 35.5. The molecule has 0 N–H and O–H groups in total. The van der Waals surface area contributed by atoms with Crippen molar-refractivity contribution >= 4 is 24.1 Å². The Morgan fingerprint density at radius 2 is 2.56 bits per heavy atom. The van der Waals surface area contributed by atoms with Crippen LogP contribution < -0.4 is 0 Å². The Labute approximate surface area is 62.4 Å². The third-order valence-electron chi connectivity index (χ3n) is 1.51. The SMILES string of the molecule is [3H]C1CCC[B]C1C(=O)Cl. The maximum Gasteiger partial charge on any atom is 0.216 e. The van der Waals surface area contributed by atoms with Crippen molar-refractivity contribution in [1.82, 2.24) is 0 Å². The number of hydrogen-bond donors (Lipinski definition) is 0. The summed E-state index contributed by atoms with van der Waals surface area (Å²) in [5, 5.41) is -0.375. The molecular formula is C6H9BClO. The number of carbonyl (C=O) groups excluding carboxylic acids is 1. The summed E-state index contributed by atoms with van der Waals surface area (Å²) in [5.41, 5.74) is 0. The second-order valence-electron chi connectivity index (χ2n) is 2.23. The third kappa shape index (κ3) is 2.01. The van der Waals surface area contributed by atoms with Gasteiger partial charge in [0.1, 0.15) is 7.28 Å². The van der Waals surface area contributed by atoms with Gasteiger partial charge in [0.05, 0.1) is 0 Å². The van der Waals surface area contributed by atoms with Crippen LogP contribution in [0.25, 0.3) is 0 Å². The molecular weight excluding hydrogens is 134 g/mol. The normalized spacial score (nSPS) is 36.8. The monoisotopic (exact) mass is 145 g/mol. The minimum absolute atomic E-state index is 0.293. The van der Waals surface area contributed by atoms with E-state index in [0.29, 0.717) is 0 Å². The van der Waals surface area contributed by atoms with E-state index in [1.807, 2.05) is 7.28 Å². The van der Waals surface area contributed by atoms with Gasteiger partial charge in [0.15, 0.2) is 0 Å². The molecule has 49 valence electrons. The molecule has 0 aromatic heterocycles. The molecule has 0 aromatic carbocycles. The van der Waals surface area contributed by atoms with Crippen LogP contribution in [0.4, 0.5) is 0 Å². The topological polar surface area (TPSA) is 17.1 Å². The Morgan fingerprint density at radius 3 is 3.00 bits per heavy atom. The highest BCUT2D eigenvalue weighted by molar-refractivity contribution is 6.70. The van der Waals surface area contributed by atoms with Gasteiger partial charge >= 0.3 is 0 Å². The maximum absolute atomic E-state index is 10.6. The quantitative estimate of drug-likeness (QED) is 0.406. The van der Waals surface area contributed by atoms with Gasteiger partial charge in [-0.15, -0.1) is 0 Å². The zero-order valence-electron chi connectivity index (χ0n) is 6.14. The Bertz CT molecular complexity index is 142. The third-order valence-corrected chi connectivity index (χ3v) is 1.76. The Morgan fingerprint density at radius 1 is 1.78 bits per heavy atom. The largest absolute Gasteiger partial charge is 0.282 e. The molecule has 1 fully saturated rings. The molecule has 2 unspecified atom stereocenters. The standard InChI is InChI=1S/C6H9BClO/c8-6(9)5-3-1-2-4-7-5/h5H,1-4H2/i3T. The van der Waals surface area contributed by atoms with Crippen molar-refractivity contribution in [2.45, 2.75) is 31.4 Å². The van der Waals surface area contributed by atoms with E-state index in [0.717, 1.165) is 19.2 Å². The second kappa shape index (κ2) is 3.26. The molecule has 2 atom stereocenters. The van der Waals surface area contributed by atoms with Gasteiger partial charge in [0.25, 0.3) is 0 Å². The molecule has 1 rings (SSSR count). The maximum atomic E-state index is 10.6. The minimum Gasteiger partial charge on any atom is -0.282 e. The van der Waals surface area contributed by atoms with Crippen molar-refractivity contribution in [1.29, 1.82) is 0 Å². The van der Waals surface area contributed by atoms with Crippen molar-refractivity contribution in [3.05, 3.63) is 0 Å². The number of carbonyl (C=O) groups is 1. The van der Waals surface area contributed by atoms with Crippen molar-refractivity contribution in [2.75, 3.05) is 0 Å². The van der Waals surface area contributed by atoms with E-state index in [1.54, 1.807) is 0 Å². The summed E-state index contributed by atoms with van der Waals surface area (Å²) in [6.45, 7) is 0. The Kier molecular flexibility index (Phi) is 2.09. The zero-order valence-corrected chi connectivity index (χ0v) is 5.90. The summed E-state index contributed by atoms with van der Waals surface area (Å²) < 4.78 is 7.42. The van der Waals surface area contributed by atoms with Crippen LogP contribution >= 0.6 is 11.6 Å². The highest BCUT2D eigenvalue weighted by Crippen LogP contribution is 2.24. The molecule has 1 aliphatic heterocycles. The zero-order chi connectivity index (χ0) is 7.56. The van der Waals surface area contributed by atoms with E-state index in [2.05, 4.69) is 0 Å². The summed E-state index contributed by atoms with van der Waals surface area (Å²) in [7, 11) is 1.86. The van der Waals surface area contributed by atoms with Crippen LogP contribution in [0.1, 0.15) is 20.6 Å². The fourth-order valence-electron chi connectivity index (χ4n) is 0.994. The first-order chi connectivity index (χ1) is 4.72. The Balaban J connectivity index is 2.47. The molecule has 1 heterocycles. The summed E-state index contributed by atoms with van der Waals surface area (Å²) in [6.07, 6.45) is 2.46. The average molecular weight is 145 g/mol. The number of hydrogen-bond acceptors (Lipinski definition) is 1. The van der Waals surface area contributed by atoms with Crippen molar-refractivity contribution in [3.8, 4) is 0 Å². The first-order valence-electron chi connectivity index (χ1n) is 3.74. The van der Waals surface area contributed by atoms with Crippen LogP contribution in [0.2, 0.25) is 12.1 Å². The van der Waals surface area contributed by atoms with Crippen LogP contribution in [-0.4, -0.2) is 12.5 Å². The molecule has 1 aliphatic rings. The summed E-state index contributed by atoms with van der Waals surface area (Å²) in [5.74, 6) is -0.310. The van der Waals surface area contributed by atoms with Gasteiger partial charge < -0.3 is 0 Å². The fourth-order valence-corrected chi connectivity index (χ4v) is 1.17. The summed E-state index contributed by atoms with van der Waals surface area (Å²) in [4.78, 5) is 10.6. The van der Waals surface area contributed by atoms with E-state index >= 15 is 0 Å². The first-order valence-corrected chi connectivity index (χ1v) is 3.54. The average Bonchev–Trinajstić information content (AvgIpc) is 1.88. The van der Waals surface area contributed by atoms with Gasteiger partial charge in [-0.1, -0.05) is 19.2 Å². The lowest BCUT2D eigenvalue weighted by molar-refractivity contribution is -0.111. The molecule has 0 aromatic rings. The first kappa shape index (κ1) is 5.78. The summed E-state index contributed by atoms with van der Waals surface area (Å²) in [6, 6.07) is 0. The van der Waals surface area contributed by atoms with Gasteiger partial charge in [-0.3, -0.25) is 4.79 Å². The predicted molar refractivity (Wildman–Crippen MR) is 39.0 cm³/mol. The number of halogens is 1. The van der Waals surface area contributed by atoms with Gasteiger partial charge in [0.2, 0.25) is 5.24 Å². The molecule has 1 nitrogen and oxygen atoms in total. The summed E-state index contributed by atoms with van der Waals surface area (Å²) >= 11 is 5.26. The molecule has 0 saturated carbocycles. The molecule has 0 bridgehead atoms. The van der Waals surface area contributed by atoms with Crippen LogP contribution in [0.5, 0.6) is 0 Å². The molecule has 3 heteroatoms. The van der Waals surface area contributed by atoms with Crippen molar-refractivity contribution in [3.63, 3.8) is 0 Å². The van der Waals surface area contributed by atoms with Crippen molar-refractivity contribution in [2.24, 2.45) is 0 Å². The minimum atomic E-state index is -0.375.